The van der Waals surface area contributed by atoms with Crippen LogP contribution in [0.2, 0.25) is 0 Å². The minimum absolute atomic E-state index is 0.164. The standard InChI is InChI=1S/C22H29N5O4S2/c28-19(29)22-8-7-14-11-17(5-6-18(14)26(22)9-2-10-31-22)30-13-23-15-3-1-4-16(12-15)27-20(32)24-25-21(27)33/h1,3-4,12,14,17-18,23H,2,5-11,13H2,(H,24,32)(H,25,33)(H,28,29). The molecule has 0 spiro atoms. The van der Waals surface area contributed by atoms with Gasteiger partial charge in [0.2, 0.25) is 5.72 Å². The number of aliphatic carboxylic acids is 1. The molecule has 2 aromatic rings. The van der Waals surface area contributed by atoms with E-state index in [2.05, 4.69) is 20.4 Å². The number of nitrogens with one attached hydrogen (secondary N) is 3. The first-order valence-corrected chi connectivity index (χ1v) is 12.3. The number of benzene rings is 1. The van der Waals surface area contributed by atoms with Gasteiger partial charge in [-0.15, -0.1) is 0 Å². The number of hydrogen-bond donors (Lipinski definition) is 4. The van der Waals surface area contributed by atoms with Gasteiger partial charge in [0.05, 0.1) is 18.4 Å². The number of piperidine rings is 1. The highest BCUT2D eigenvalue weighted by Crippen LogP contribution is 2.45. The third-order valence-electron chi connectivity index (χ3n) is 7.21. The van der Waals surface area contributed by atoms with Crippen molar-refractivity contribution in [2.24, 2.45) is 5.92 Å². The summed E-state index contributed by atoms with van der Waals surface area (Å²) in [5, 5.41) is 18.9. The molecule has 2 saturated heterocycles. The van der Waals surface area contributed by atoms with Crippen LogP contribution in [0.3, 0.4) is 0 Å². The van der Waals surface area contributed by atoms with E-state index in [0.717, 1.165) is 50.0 Å². The van der Waals surface area contributed by atoms with Crippen LogP contribution in [0, 0.1) is 15.5 Å². The zero-order chi connectivity index (χ0) is 23.0. The van der Waals surface area contributed by atoms with Gasteiger partial charge in [0.15, 0.2) is 9.54 Å². The highest BCUT2D eigenvalue weighted by atomic mass is 32.1. The summed E-state index contributed by atoms with van der Waals surface area (Å²) in [6.07, 6.45) is 5.27. The lowest BCUT2D eigenvalue weighted by atomic mass is 9.73. The zero-order valence-electron chi connectivity index (χ0n) is 18.3. The SMILES string of the molecule is O=C(O)C12CCC3CC(OCNc4cccc(-n5c(=S)[nH][nH]c5=S)c4)CCC3N1CCCO2. The Morgan fingerprint density at radius 2 is 2.09 bits per heavy atom. The quantitative estimate of drug-likeness (QED) is 0.357. The second-order valence-electron chi connectivity index (χ2n) is 9.02. The predicted octanol–water partition coefficient (Wildman–Crippen LogP) is 3.81. The van der Waals surface area contributed by atoms with Crippen LogP contribution >= 0.6 is 24.4 Å². The van der Waals surface area contributed by atoms with Crippen molar-refractivity contribution in [1.29, 1.82) is 0 Å². The Bertz CT molecular complexity index is 1100. The summed E-state index contributed by atoms with van der Waals surface area (Å²) in [5.41, 5.74) is 0.680. The van der Waals surface area contributed by atoms with E-state index in [1.54, 1.807) is 4.57 Å². The van der Waals surface area contributed by atoms with E-state index in [1.807, 2.05) is 24.3 Å². The van der Waals surface area contributed by atoms with E-state index < -0.39 is 11.7 Å². The minimum Gasteiger partial charge on any atom is -0.478 e. The molecule has 0 radical (unpaired) electrons. The maximum absolute atomic E-state index is 12.0. The average Bonchev–Trinajstić information content (AvgIpc) is 3.16. The third-order valence-corrected chi connectivity index (χ3v) is 7.78. The molecule has 33 heavy (non-hydrogen) atoms. The maximum Gasteiger partial charge on any atom is 0.351 e. The molecule has 1 aromatic carbocycles. The Hall–Kier alpha value is -2.05. The Labute approximate surface area is 202 Å². The number of carboxylic acids is 1. The number of fused-ring (bicyclic) bond motifs is 3. The molecule has 11 heteroatoms. The van der Waals surface area contributed by atoms with Crippen molar-refractivity contribution < 1.29 is 19.4 Å². The molecule has 3 aliphatic rings. The van der Waals surface area contributed by atoms with Crippen LogP contribution in [0.5, 0.6) is 0 Å². The van der Waals surface area contributed by atoms with Crippen molar-refractivity contribution in [1.82, 2.24) is 19.7 Å². The van der Waals surface area contributed by atoms with Crippen molar-refractivity contribution in [2.75, 3.05) is 25.2 Å². The summed E-state index contributed by atoms with van der Waals surface area (Å²) in [4.78, 5) is 14.2. The number of rotatable bonds is 6. The van der Waals surface area contributed by atoms with Crippen LogP contribution in [-0.4, -0.2) is 68.5 Å². The van der Waals surface area contributed by atoms with Gasteiger partial charge in [-0.1, -0.05) is 6.07 Å². The van der Waals surface area contributed by atoms with E-state index >= 15 is 0 Å². The topological polar surface area (TPSA) is 108 Å². The number of ether oxygens (including phenoxy) is 2. The minimum atomic E-state index is -1.12. The molecule has 0 amide bonds. The molecule has 9 nitrogen and oxygen atoms in total. The number of H-pyrrole nitrogens is 2. The lowest BCUT2D eigenvalue weighted by molar-refractivity contribution is -0.244. The van der Waals surface area contributed by atoms with Crippen LogP contribution in [-0.2, 0) is 14.3 Å². The number of nitrogens with zero attached hydrogens (tertiary/aromatic N) is 2. The van der Waals surface area contributed by atoms with Crippen LogP contribution in [0.25, 0.3) is 5.69 Å². The fourth-order valence-electron chi connectivity index (χ4n) is 5.68. The van der Waals surface area contributed by atoms with E-state index in [4.69, 9.17) is 33.9 Å². The van der Waals surface area contributed by atoms with Gasteiger partial charge in [0.1, 0.15) is 6.73 Å². The van der Waals surface area contributed by atoms with Crippen molar-refractivity contribution in [3.8, 4) is 5.69 Å². The smallest absolute Gasteiger partial charge is 0.351 e. The molecule has 4 N–H and O–H groups in total. The van der Waals surface area contributed by atoms with E-state index in [1.165, 1.54) is 0 Å². The zero-order valence-corrected chi connectivity index (χ0v) is 19.9. The van der Waals surface area contributed by atoms with Crippen LogP contribution in [0.15, 0.2) is 24.3 Å². The number of hydrogen-bond acceptors (Lipinski definition) is 7. The number of aromatic amines is 2. The summed E-state index contributed by atoms with van der Waals surface area (Å²) in [7, 11) is 0. The number of carboxylic acid groups (broad SMARTS) is 1. The average molecular weight is 492 g/mol. The summed E-state index contributed by atoms with van der Waals surface area (Å²) in [6.45, 7) is 1.73. The van der Waals surface area contributed by atoms with E-state index in [9.17, 15) is 9.90 Å². The fraction of sp³-hybridized carbons (Fsp3) is 0.591. The van der Waals surface area contributed by atoms with Crippen LogP contribution < -0.4 is 5.32 Å². The maximum atomic E-state index is 12.0. The molecule has 1 saturated carbocycles. The van der Waals surface area contributed by atoms with Gasteiger partial charge < -0.3 is 19.9 Å². The number of anilines is 1. The third kappa shape index (κ3) is 4.28. The van der Waals surface area contributed by atoms with Gasteiger partial charge in [-0.3, -0.25) is 19.7 Å². The molecule has 1 aliphatic carbocycles. The molecule has 1 aromatic heterocycles. The first kappa shape index (κ1) is 22.7. The van der Waals surface area contributed by atoms with Crippen molar-refractivity contribution >= 4 is 36.1 Å². The Morgan fingerprint density at radius 1 is 1.27 bits per heavy atom. The van der Waals surface area contributed by atoms with Gasteiger partial charge in [0, 0.05) is 24.7 Å². The molecule has 4 unspecified atom stereocenters. The molecule has 3 fully saturated rings. The molecule has 4 atom stereocenters. The number of aromatic nitrogens is 3. The molecule has 5 rings (SSSR count). The highest BCUT2D eigenvalue weighted by molar-refractivity contribution is 7.72. The molecular weight excluding hydrogens is 462 g/mol. The predicted molar refractivity (Wildman–Crippen MR) is 128 cm³/mol. The Morgan fingerprint density at radius 3 is 2.88 bits per heavy atom. The molecule has 2 aliphatic heterocycles. The van der Waals surface area contributed by atoms with E-state index in [0.29, 0.717) is 35.2 Å². The van der Waals surface area contributed by atoms with Gasteiger partial charge in [-0.2, -0.15) is 0 Å². The largest absolute Gasteiger partial charge is 0.478 e. The Kier molecular flexibility index (Phi) is 6.41. The van der Waals surface area contributed by atoms with E-state index in [-0.39, 0.29) is 12.1 Å². The van der Waals surface area contributed by atoms with Crippen molar-refractivity contribution in [2.45, 2.75) is 56.4 Å². The van der Waals surface area contributed by atoms with Crippen LogP contribution in [0.4, 0.5) is 5.69 Å². The lowest BCUT2D eigenvalue weighted by Crippen LogP contribution is -2.67. The number of carbonyl (C=O) groups is 1. The summed E-state index contributed by atoms with van der Waals surface area (Å²) < 4.78 is 14.8. The fourth-order valence-corrected chi connectivity index (χ4v) is 6.23. The van der Waals surface area contributed by atoms with Gasteiger partial charge in [-0.05, 0) is 80.7 Å². The molecule has 3 heterocycles. The Balaban J connectivity index is 1.18. The van der Waals surface area contributed by atoms with Gasteiger partial charge >= 0.3 is 5.97 Å². The summed E-state index contributed by atoms with van der Waals surface area (Å²) >= 11 is 10.6. The molecule has 0 bridgehead atoms. The van der Waals surface area contributed by atoms with Crippen molar-refractivity contribution in [3.63, 3.8) is 0 Å². The van der Waals surface area contributed by atoms with Crippen LogP contribution in [0.1, 0.15) is 38.5 Å². The summed E-state index contributed by atoms with van der Waals surface area (Å²) in [6, 6.07) is 8.12. The molecule has 178 valence electrons. The van der Waals surface area contributed by atoms with Gasteiger partial charge in [0.25, 0.3) is 0 Å². The van der Waals surface area contributed by atoms with Crippen molar-refractivity contribution in [3.05, 3.63) is 33.8 Å². The van der Waals surface area contributed by atoms with Gasteiger partial charge in [-0.25, -0.2) is 4.79 Å². The second kappa shape index (κ2) is 9.30. The monoisotopic (exact) mass is 491 g/mol. The first-order chi connectivity index (χ1) is 16.0. The molecular formula is C22H29N5O4S2. The highest BCUT2D eigenvalue weighted by Gasteiger charge is 2.55. The normalized spacial score (nSPS) is 29.8. The summed E-state index contributed by atoms with van der Waals surface area (Å²) in [5.74, 6) is -0.397. The lowest BCUT2D eigenvalue weighted by Gasteiger charge is -2.55. The first-order valence-electron chi connectivity index (χ1n) is 11.5. The second-order valence-corrected chi connectivity index (χ2v) is 9.79.